The van der Waals surface area contributed by atoms with Gasteiger partial charge in [-0.3, -0.25) is 4.79 Å². The summed E-state index contributed by atoms with van der Waals surface area (Å²) in [5.74, 6) is -2.65. The fraction of sp³-hybridized carbons (Fsp3) is 0.182. The van der Waals surface area contributed by atoms with Gasteiger partial charge < -0.3 is 25.6 Å². The fourth-order valence-electron chi connectivity index (χ4n) is 3.84. The van der Waals surface area contributed by atoms with Gasteiger partial charge in [-0.15, -0.1) is 0 Å². The lowest BCUT2D eigenvalue weighted by Crippen LogP contribution is -2.44. The Hall–Kier alpha value is -4.10. The van der Waals surface area contributed by atoms with E-state index in [-0.39, 0.29) is 17.7 Å². The number of hydrogen-bond acceptors (Lipinski definition) is 8. The van der Waals surface area contributed by atoms with Gasteiger partial charge in [-0.25, -0.2) is 13.5 Å². The number of rotatable bonds is 5. The third kappa shape index (κ3) is 5.05. The molecule has 0 aliphatic heterocycles. The zero-order valence-electron chi connectivity index (χ0n) is 18.1. The van der Waals surface area contributed by atoms with Crippen LogP contribution in [0.1, 0.15) is 12.8 Å². The van der Waals surface area contributed by atoms with Crippen molar-refractivity contribution in [1.29, 1.82) is 0 Å². The predicted molar refractivity (Wildman–Crippen MR) is 124 cm³/mol. The zero-order chi connectivity index (χ0) is 25.2. The van der Waals surface area contributed by atoms with Crippen molar-refractivity contribution >= 4 is 35.6 Å². The van der Waals surface area contributed by atoms with Crippen LogP contribution in [0.2, 0.25) is 0 Å². The van der Waals surface area contributed by atoms with Gasteiger partial charge in [0.05, 0.1) is 23.1 Å². The zero-order valence-corrected chi connectivity index (χ0v) is 18.1. The van der Waals surface area contributed by atoms with Crippen molar-refractivity contribution in [2.24, 2.45) is 0 Å². The summed E-state index contributed by atoms with van der Waals surface area (Å²) in [5.41, 5.74) is 8.95. The Morgan fingerprint density at radius 3 is 2.60 bits per heavy atom. The molecule has 2 aromatic carbocycles. The first-order valence-electron chi connectivity index (χ1n) is 10.4. The Balaban J connectivity index is 0.000000917. The first-order chi connectivity index (χ1) is 16.7. The molecule has 0 amide bonds. The number of nitrogens with zero attached hydrogens (tertiary/aromatic N) is 4. The number of nitrogen functional groups attached to an aromatic ring is 1. The van der Waals surface area contributed by atoms with Crippen LogP contribution in [-0.4, -0.2) is 60.7 Å². The summed E-state index contributed by atoms with van der Waals surface area (Å²) < 4.78 is 33.9. The van der Waals surface area contributed by atoms with E-state index in [2.05, 4.69) is 15.3 Å². The molecule has 0 spiro atoms. The van der Waals surface area contributed by atoms with Gasteiger partial charge in [-0.1, -0.05) is 6.07 Å². The number of anilines is 1. The molecular weight excluding hydrogens is 463 g/mol. The van der Waals surface area contributed by atoms with Gasteiger partial charge in [0.25, 0.3) is 12.4 Å². The van der Waals surface area contributed by atoms with Gasteiger partial charge in [0.15, 0.2) is 0 Å². The number of carbonyl (C=O) groups is 1. The second kappa shape index (κ2) is 9.64. The minimum atomic E-state index is -2.76. The maximum absolute atomic E-state index is 13.3. The van der Waals surface area contributed by atoms with Crippen molar-refractivity contribution in [3.05, 3.63) is 55.0 Å². The minimum Gasteiger partial charge on any atom is -0.490 e. The molecule has 4 aromatic rings. The highest BCUT2D eigenvalue weighted by atomic mass is 19.3. The molecule has 2 aromatic heterocycles. The highest BCUT2D eigenvalue weighted by Crippen LogP contribution is 2.40. The molecule has 5 rings (SSSR count). The number of nitrogens with two attached hydrogens (primary N) is 1. The lowest BCUT2D eigenvalue weighted by atomic mass is 9.77. The van der Waals surface area contributed by atoms with E-state index in [1.54, 1.807) is 47.4 Å². The van der Waals surface area contributed by atoms with E-state index in [1.165, 1.54) is 6.20 Å². The van der Waals surface area contributed by atoms with E-state index in [4.69, 9.17) is 20.4 Å². The summed E-state index contributed by atoms with van der Waals surface area (Å²) in [7, 11) is -1.87. The molecule has 0 saturated heterocycles. The predicted octanol–water partition coefficient (Wildman–Crippen LogP) is 1.62. The average molecular weight is 483 g/mol. The van der Waals surface area contributed by atoms with Crippen LogP contribution in [-0.2, 0) is 4.79 Å². The Morgan fingerprint density at radius 2 is 1.97 bits per heavy atom. The fourth-order valence-corrected chi connectivity index (χ4v) is 3.84. The molecular formula is C22H20BF2N5O5. The van der Waals surface area contributed by atoms with E-state index >= 15 is 0 Å². The van der Waals surface area contributed by atoms with Crippen molar-refractivity contribution < 1.29 is 33.5 Å². The summed E-state index contributed by atoms with van der Waals surface area (Å²) in [5, 5.41) is 39.9. The molecule has 1 aliphatic rings. The van der Waals surface area contributed by atoms with E-state index < -0.39 is 32.0 Å². The normalized spacial score (nSPS) is 14.5. The van der Waals surface area contributed by atoms with Crippen LogP contribution in [0.5, 0.6) is 5.75 Å². The quantitative estimate of drug-likeness (QED) is 0.245. The summed E-state index contributed by atoms with van der Waals surface area (Å²) in [6.07, 6.45) is 3.23. The number of alkyl halides is 2. The van der Waals surface area contributed by atoms with Crippen LogP contribution in [0, 0.1) is 0 Å². The second-order valence-corrected chi connectivity index (χ2v) is 7.87. The van der Waals surface area contributed by atoms with Gasteiger partial charge in [0.1, 0.15) is 11.9 Å². The first kappa shape index (κ1) is 24.0. The van der Waals surface area contributed by atoms with Crippen LogP contribution in [0.15, 0.2) is 55.0 Å². The van der Waals surface area contributed by atoms with Crippen LogP contribution in [0.3, 0.4) is 0 Å². The molecule has 1 saturated carbocycles. The van der Waals surface area contributed by atoms with Crippen molar-refractivity contribution in [2.45, 2.75) is 24.9 Å². The summed E-state index contributed by atoms with van der Waals surface area (Å²) in [6, 6.07) is 10.3. The number of carboxylic acid groups (broad SMARTS) is 1. The number of ether oxygens (including phenoxy) is 1. The molecule has 10 nitrogen and oxygen atoms in total. The first-order valence-corrected chi connectivity index (χ1v) is 10.4. The smallest absolute Gasteiger partial charge is 0.490 e. The Morgan fingerprint density at radius 1 is 1.23 bits per heavy atom. The SMILES string of the molecule is Nc1cnnc2cc(-c3cc(B(O)O)c(OC4CC(F)(F)C4)cc3-n3cccn3)ccc12.O=CO. The van der Waals surface area contributed by atoms with Crippen molar-refractivity contribution in [3.8, 4) is 22.6 Å². The number of hydrogen-bond donors (Lipinski definition) is 4. The van der Waals surface area contributed by atoms with Crippen LogP contribution >= 0.6 is 0 Å². The van der Waals surface area contributed by atoms with E-state index in [9.17, 15) is 18.8 Å². The van der Waals surface area contributed by atoms with E-state index in [0.717, 1.165) is 5.39 Å². The highest BCUT2D eigenvalue weighted by Gasteiger charge is 2.47. The molecule has 13 heteroatoms. The Bertz CT molecular complexity index is 1350. The largest absolute Gasteiger partial charge is 0.492 e. The van der Waals surface area contributed by atoms with Gasteiger partial charge in [-0.05, 0) is 29.8 Å². The Labute approximate surface area is 197 Å². The standard InChI is InChI=1S/C21H18BF2N5O3.CH2O2/c23-21(24)9-13(10-21)32-20-8-19(29-5-1-4-27-29)15(7-16(20)22(30)31)12-2-3-14-17(25)11-26-28-18(14)6-12;2-1-3/h1-8,11,13,30-31H,9-10H2,(H2,25,28);1H,(H,2,3). The topological polar surface area (TPSA) is 157 Å². The average Bonchev–Trinajstić information content (AvgIpc) is 3.33. The lowest BCUT2D eigenvalue weighted by Gasteiger charge is -2.35. The van der Waals surface area contributed by atoms with Crippen molar-refractivity contribution in [2.75, 3.05) is 5.73 Å². The summed E-state index contributed by atoms with van der Waals surface area (Å²) in [4.78, 5) is 8.36. The van der Waals surface area contributed by atoms with Gasteiger partial charge in [-0.2, -0.15) is 15.3 Å². The molecule has 35 heavy (non-hydrogen) atoms. The van der Waals surface area contributed by atoms with Gasteiger partial charge >= 0.3 is 7.12 Å². The van der Waals surface area contributed by atoms with Crippen LogP contribution in [0.4, 0.5) is 14.5 Å². The molecule has 1 fully saturated rings. The summed E-state index contributed by atoms with van der Waals surface area (Å²) >= 11 is 0. The molecule has 2 heterocycles. The van der Waals surface area contributed by atoms with E-state index in [1.807, 2.05) is 6.07 Å². The third-order valence-electron chi connectivity index (χ3n) is 5.49. The van der Waals surface area contributed by atoms with Gasteiger partial charge in [0, 0.05) is 47.7 Å². The molecule has 1 aliphatic carbocycles. The molecule has 5 N–H and O–H groups in total. The summed E-state index contributed by atoms with van der Waals surface area (Å²) in [6.45, 7) is -0.250. The number of benzene rings is 2. The lowest BCUT2D eigenvalue weighted by molar-refractivity contribution is -0.134. The van der Waals surface area contributed by atoms with E-state index in [0.29, 0.717) is 28.0 Å². The molecule has 0 unspecified atom stereocenters. The maximum Gasteiger partial charge on any atom is 0.492 e. The molecule has 180 valence electrons. The van der Waals surface area contributed by atoms with Crippen molar-refractivity contribution in [1.82, 2.24) is 20.0 Å². The van der Waals surface area contributed by atoms with Crippen molar-refractivity contribution in [3.63, 3.8) is 0 Å². The number of aromatic nitrogens is 4. The maximum atomic E-state index is 13.3. The highest BCUT2D eigenvalue weighted by molar-refractivity contribution is 6.60. The second-order valence-electron chi connectivity index (χ2n) is 7.87. The molecule has 0 atom stereocenters. The third-order valence-corrected chi connectivity index (χ3v) is 5.49. The monoisotopic (exact) mass is 483 g/mol. The minimum absolute atomic E-state index is 0.0601. The number of halogens is 2. The number of fused-ring (bicyclic) bond motifs is 1. The van der Waals surface area contributed by atoms with Gasteiger partial charge in [0.2, 0.25) is 0 Å². The van der Waals surface area contributed by atoms with Crippen LogP contribution < -0.4 is 15.9 Å². The molecule has 0 radical (unpaired) electrons. The Kier molecular flexibility index (Phi) is 6.62. The van der Waals surface area contributed by atoms with Crippen LogP contribution in [0.25, 0.3) is 27.7 Å². The molecule has 0 bridgehead atoms.